The minimum absolute atomic E-state index is 0.471. The molecule has 0 aliphatic heterocycles. The third-order valence-corrected chi connectivity index (χ3v) is 5.28. The molecule has 1 aromatic carbocycles. The molecule has 1 aliphatic rings. The Morgan fingerprint density at radius 2 is 1.76 bits per heavy atom. The van der Waals surface area contributed by atoms with Gasteiger partial charge < -0.3 is 11.1 Å². The van der Waals surface area contributed by atoms with E-state index in [1.807, 2.05) is 0 Å². The molecule has 2 nitrogen and oxygen atoms in total. The molecule has 21 heavy (non-hydrogen) atoms. The van der Waals surface area contributed by atoms with E-state index in [0.717, 1.165) is 6.54 Å². The van der Waals surface area contributed by atoms with Gasteiger partial charge in [-0.25, -0.2) is 0 Å². The van der Waals surface area contributed by atoms with Gasteiger partial charge >= 0.3 is 0 Å². The summed E-state index contributed by atoms with van der Waals surface area (Å²) in [6, 6.07) is 12.0. The molecule has 1 aliphatic carbocycles. The molecule has 3 atom stereocenters. The summed E-state index contributed by atoms with van der Waals surface area (Å²) in [6.07, 6.45) is 7.72. The lowest BCUT2D eigenvalue weighted by Crippen LogP contribution is -2.45. The molecule has 3 unspecified atom stereocenters. The second kappa shape index (κ2) is 8.55. The van der Waals surface area contributed by atoms with E-state index >= 15 is 0 Å². The van der Waals surface area contributed by atoms with Gasteiger partial charge in [-0.2, -0.15) is 0 Å². The average Bonchev–Trinajstić information content (AvgIpc) is 2.56. The molecule has 0 radical (unpaired) electrons. The van der Waals surface area contributed by atoms with Crippen molar-refractivity contribution in [2.24, 2.45) is 17.6 Å². The zero-order valence-corrected chi connectivity index (χ0v) is 13.7. The lowest BCUT2D eigenvalue weighted by molar-refractivity contribution is 0.215. The van der Waals surface area contributed by atoms with Crippen molar-refractivity contribution in [2.45, 2.75) is 64.5 Å². The van der Waals surface area contributed by atoms with Gasteiger partial charge in [-0.3, -0.25) is 0 Å². The number of nitrogens with one attached hydrogen (secondary N) is 1. The maximum absolute atomic E-state index is 6.01. The van der Waals surface area contributed by atoms with E-state index < -0.39 is 0 Å². The van der Waals surface area contributed by atoms with Crippen LogP contribution in [0, 0.1) is 11.8 Å². The highest BCUT2D eigenvalue weighted by Crippen LogP contribution is 2.31. The summed E-state index contributed by atoms with van der Waals surface area (Å²) >= 11 is 0. The van der Waals surface area contributed by atoms with Crippen LogP contribution in [-0.4, -0.2) is 12.6 Å². The van der Waals surface area contributed by atoms with Gasteiger partial charge in [0.15, 0.2) is 0 Å². The van der Waals surface area contributed by atoms with Crippen LogP contribution in [0.5, 0.6) is 0 Å². The minimum Gasteiger partial charge on any atom is -0.330 e. The lowest BCUT2D eigenvalue weighted by atomic mass is 9.81. The van der Waals surface area contributed by atoms with E-state index in [4.69, 9.17) is 5.73 Å². The molecule has 1 fully saturated rings. The third-order valence-electron chi connectivity index (χ3n) is 5.28. The summed E-state index contributed by atoms with van der Waals surface area (Å²) in [5.74, 6) is 1.35. The van der Waals surface area contributed by atoms with Crippen molar-refractivity contribution in [2.75, 3.05) is 6.54 Å². The van der Waals surface area contributed by atoms with Gasteiger partial charge in [0, 0.05) is 12.1 Å². The smallest absolute Gasteiger partial charge is 0.0350 e. The third kappa shape index (κ3) is 4.31. The lowest BCUT2D eigenvalue weighted by Gasteiger charge is -2.37. The van der Waals surface area contributed by atoms with Crippen LogP contribution in [0.25, 0.3) is 0 Å². The Morgan fingerprint density at radius 3 is 2.38 bits per heavy atom. The summed E-state index contributed by atoms with van der Waals surface area (Å²) in [5, 5.41) is 4.00. The Bertz CT molecular complexity index is 386. The van der Waals surface area contributed by atoms with Crippen LogP contribution < -0.4 is 11.1 Å². The average molecular weight is 288 g/mol. The number of hydrogen-bond donors (Lipinski definition) is 2. The van der Waals surface area contributed by atoms with Crippen LogP contribution in [0.3, 0.4) is 0 Å². The molecule has 3 N–H and O–H groups in total. The van der Waals surface area contributed by atoms with Crippen molar-refractivity contribution >= 4 is 0 Å². The van der Waals surface area contributed by atoms with Crippen LogP contribution in [0.15, 0.2) is 30.3 Å². The molecular formula is C19H32N2. The fraction of sp³-hybridized carbons (Fsp3) is 0.684. The molecule has 1 saturated carbocycles. The largest absolute Gasteiger partial charge is 0.330 e. The van der Waals surface area contributed by atoms with Crippen molar-refractivity contribution in [1.82, 2.24) is 5.32 Å². The van der Waals surface area contributed by atoms with Crippen LogP contribution in [-0.2, 0) is 0 Å². The number of hydrogen-bond acceptors (Lipinski definition) is 2. The van der Waals surface area contributed by atoms with Crippen LogP contribution in [0.1, 0.15) is 64.0 Å². The Hall–Kier alpha value is -0.860. The number of nitrogens with two attached hydrogens (primary N) is 1. The normalized spacial score (nSPS) is 24.2. The molecule has 0 amide bonds. The first-order valence-electron chi connectivity index (χ1n) is 8.81. The number of benzene rings is 1. The highest BCUT2D eigenvalue weighted by atomic mass is 15.0. The van der Waals surface area contributed by atoms with Crippen molar-refractivity contribution in [1.29, 1.82) is 0 Å². The van der Waals surface area contributed by atoms with Crippen molar-refractivity contribution in [3.05, 3.63) is 35.9 Å². The van der Waals surface area contributed by atoms with Gasteiger partial charge in [0.2, 0.25) is 0 Å². The SMILES string of the molecule is CCC(CC)C(NC1CCCCC1CN)c1ccccc1. The molecule has 1 aromatic rings. The highest BCUT2D eigenvalue weighted by molar-refractivity contribution is 5.20. The highest BCUT2D eigenvalue weighted by Gasteiger charge is 2.29. The van der Waals surface area contributed by atoms with E-state index in [0.29, 0.717) is 23.9 Å². The van der Waals surface area contributed by atoms with Crippen LogP contribution in [0.4, 0.5) is 0 Å². The Morgan fingerprint density at radius 1 is 1.10 bits per heavy atom. The van der Waals surface area contributed by atoms with Crippen molar-refractivity contribution in [3.8, 4) is 0 Å². The zero-order valence-electron chi connectivity index (χ0n) is 13.7. The van der Waals surface area contributed by atoms with Gasteiger partial charge in [-0.05, 0) is 36.8 Å². The molecule has 0 saturated heterocycles. The predicted octanol–water partition coefficient (Wildman–Crippen LogP) is 4.27. The summed E-state index contributed by atoms with van der Waals surface area (Å²) in [7, 11) is 0. The molecule has 118 valence electrons. The van der Waals surface area contributed by atoms with E-state index in [1.165, 1.54) is 44.1 Å². The Kier molecular flexibility index (Phi) is 6.72. The first kappa shape index (κ1) is 16.5. The van der Waals surface area contributed by atoms with Gasteiger partial charge in [-0.15, -0.1) is 0 Å². The first-order valence-corrected chi connectivity index (χ1v) is 8.81. The molecule has 0 spiro atoms. The molecule has 0 bridgehead atoms. The molecule has 2 heteroatoms. The maximum Gasteiger partial charge on any atom is 0.0350 e. The zero-order chi connectivity index (χ0) is 15.1. The van der Waals surface area contributed by atoms with Crippen molar-refractivity contribution < 1.29 is 0 Å². The molecule has 0 heterocycles. The van der Waals surface area contributed by atoms with E-state index in [9.17, 15) is 0 Å². The maximum atomic E-state index is 6.01. The summed E-state index contributed by atoms with van der Waals surface area (Å²) < 4.78 is 0. The van der Waals surface area contributed by atoms with Crippen molar-refractivity contribution in [3.63, 3.8) is 0 Å². The van der Waals surface area contributed by atoms with Gasteiger partial charge in [0.05, 0.1) is 0 Å². The van der Waals surface area contributed by atoms with E-state index in [1.54, 1.807) is 0 Å². The fourth-order valence-corrected chi connectivity index (χ4v) is 3.86. The second-order valence-corrected chi connectivity index (χ2v) is 6.52. The summed E-state index contributed by atoms with van der Waals surface area (Å²) in [4.78, 5) is 0. The van der Waals surface area contributed by atoms with Crippen LogP contribution in [0.2, 0.25) is 0 Å². The second-order valence-electron chi connectivity index (χ2n) is 6.52. The molecule has 2 rings (SSSR count). The van der Waals surface area contributed by atoms with Gasteiger partial charge in [-0.1, -0.05) is 69.9 Å². The Balaban J connectivity index is 2.15. The first-order chi connectivity index (χ1) is 10.3. The van der Waals surface area contributed by atoms with E-state index in [2.05, 4.69) is 49.5 Å². The summed E-state index contributed by atoms with van der Waals surface area (Å²) in [6.45, 7) is 5.45. The van der Waals surface area contributed by atoms with Gasteiger partial charge in [0.1, 0.15) is 0 Å². The topological polar surface area (TPSA) is 38.0 Å². The van der Waals surface area contributed by atoms with E-state index in [-0.39, 0.29) is 0 Å². The summed E-state index contributed by atoms with van der Waals surface area (Å²) in [5.41, 5.74) is 7.45. The monoisotopic (exact) mass is 288 g/mol. The van der Waals surface area contributed by atoms with Crippen LogP contribution >= 0.6 is 0 Å². The molecule has 0 aromatic heterocycles. The quantitative estimate of drug-likeness (QED) is 0.786. The standard InChI is InChI=1S/C19H32N2/c1-3-15(4-2)19(16-10-6-5-7-11-16)21-18-13-9-8-12-17(18)14-20/h5-7,10-11,15,17-19,21H,3-4,8-9,12-14,20H2,1-2H3. The Labute approximate surface area is 130 Å². The van der Waals surface area contributed by atoms with Gasteiger partial charge in [0.25, 0.3) is 0 Å². The molecular weight excluding hydrogens is 256 g/mol. The fourth-order valence-electron chi connectivity index (χ4n) is 3.86. The number of rotatable bonds is 7. The predicted molar refractivity (Wildman–Crippen MR) is 91.2 cm³/mol. The minimum atomic E-state index is 0.471.